The molecule has 0 saturated heterocycles. The molecule has 0 spiro atoms. The van der Waals surface area contributed by atoms with Gasteiger partial charge in [-0.05, 0) is 19.4 Å². The number of alkyl halides is 1. The van der Waals surface area contributed by atoms with E-state index in [4.69, 9.17) is 0 Å². The minimum atomic E-state index is -0.651. The van der Waals surface area contributed by atoms with Gasteiger partial charge in [0.05, 0.1) is 9.53 Å². The van der Waals surface area contributed by atoms with Crippen LogP contribution in [-0.4, -0.2) is 10.7 Å². The van der Waals surface area contributed by atoms with Crippen molar-refractivity contribution in [2.24, 2.45) is 0 Å². The average Bonchev–Trinajstić information content (AvgIpc) is 2.03. The zero-order valence-electron chi connectivity index (χ0n) is 7.29. The molecule has 2 heteroatoms. The molecule has 0 amide bonds. The van der Waals surface area contributed by atoms with E-state index in [1.165, 1.54) is 5.56 Å². The van der Waals surface area contributed by atoms with Gasteiger partial charge in [0, 0.05) is 0 Å². The van der Waals surface area contributed by atoms with Crippen LogP contribution in [0.25, 0.3) is 0 Å². The van der Waals surface area contributed by atoms with Gasteiger partial charge in [-0.1, -0.05) is 52.9 Å². The van der Waals surface area contributed by atoms with E-state index in [1.807, 2.05) is 44.2 Å². The van der Waals surface area contributed by atoms with E-state index in [0.717, 1.165) is 0 Å². The Morgan fingerprint density at radius 3 is 2.17 bits per heavy atom. The monoisotopic (exact) mass is 276 g/mol. The average molecular weight is 276 g/mol. The van der Waals surface area contributed by atoms with Crippen LogP contribution in [0.2, 0.25) is 0 Å². The van der Waals surface area contributed by atoms with Crippen LogP contribution in [0, 0.1) is 0 Å². The molecule has 1 N–H and O–H groups in total. The number of hydrogen-bond donors (Lipinski definition) is 1. The lowest BCUT2D eigenvalue weighted by molar-refractivity contribution is 0.0825. The Morgan fingerprint density at radius 1 is 1.25 bits per heavy atom. The molecule has 0 unspecified atom stereocenters. The maximum absolute atomic E-state index is 9.73. The van der Waals surface area contributed by atoms with Gasteiger partial charge in [-0.15, -0.1) is 0 Å². The van der Waals surface area contributed by atoms with Crippen LogP contribution in [0.1, 0.15) is 23.3 Å². The zero-order chi connectivity index (χ0) is 9.19. The van der Waals surface area contributed by atoms with E-state index in [9.17, 15) is 5.11 Å². The SMILES string of the molecule is CC(C)(O)[C@@H](I)c1ccccc1. The summed E-state index contributed by atoms with van der Waals surface area (Å²) >= 11 is 2.26. The first-order valence-electron chi connectivity index (χ1n) is 3.93. The van der Waals surface area contributed by atoms with Crippen molar-refractivity contribution >= 4 is 22.6 Å². The number of halogens is 1. The smallest absolute Gasteiger partial charge is 0.0749 e. The van der Waals surface area contributed by atoms with Crippen molar-refractivity contribution in [3.8, 4) is 0 Å². The lowest BCUT2D eigenvalue weighted by Gasteiger charge is -2.24. The van der Waals surface area contributed by atoms with Crippen molar-refractivity contribution < 1.29 is 5.11 Å². The number of rotatable bonds is 2. The van der Waals surface area contributed by atoms with Crippen LogP contribution in [0.4, 0.5) is 0 Å². The summed E-state index contributed by atoms with van der Waals surface area (Å²) < 4.78 is 0.149. The molecule has 0 saturated carbocycles. The molecule has 66 valence electrons. The van der Waals surface area contributed by atoms with Gasteiger partial charge < -0.3 is 5.11 Å². The van der Waals surface area contributed by atoms with E-state index in [-0.39, 0.29) is 3.92 Å². The van der Waals surface area contributed by atoms with Crippen LogP contribution < -0.4 is 0 Å². The molecule has 1 rings (SSSR count). The third-order valence-corrected chi connectivity index (χ3v) is 3.96. The summed E-state index contributed by atoms with van der Waals surface area (Å²) in [6, 6.07) is 10.0. The van der Waals surface area contributed by atoms with Crippen LogP contribution in [0.3, 0.4) is 0 Å². The normalized spacial score (nSPS) is 14.3. The Kier molecular flexibility index (Phi) is 3.12. The lowest BCUT2D eigenvalue weighted by atomic mass is 9.99. The topological polar surface area (TPSA) is 20.2 Å². The van der Waals surface area contributed by atoms with Crippen LogP contribution in [0.5, 0.6) is 0 Å². The first-order valence-corrected chi connectivity index (χ1v) is 5.18. The van der Waals surface area contributed by atoms with Crippen molar-refractivity contribution in [3.63, 3.8) is 0 Å². The largest absolute Gasteiger partial charge is 0.389 e. The molecule has 0 heterocycles. The minimum Gasteiger partial charge on any atom is -0.389 e. The fraction of sp³-hybridized carbons (Fsp3) is 0.400. The van der Waals surface area contributed by atoms with Gasteiger partial charge in [-0.3, -0.25) is 0 Å². The number of aliphatic hydroxyl groups is 1. The van der Waals surface area contributed by atoms with Crippen LogP contribution in [0.15, 0.2) is 30.3 Å². The van der Waals surface area contributed by atoms with Gasteiger partial charge >= 0.3 is 0 Å². The molecule has 0 aliphatic heterocycles. The fourth-order valence-corrected chi connectivity index (χ4v) is 1.45. The molecule has 0 radical (unpaired) electrons. The summed E-state index contributed by atoms with van der Waals surface area (Å²) in [6.45, 7) is 3.66. The third-order valence-electron chi connectivity index (χ3n) is 1.71. The van der Waals surface area contributed by atoms with Crippen LogP contribution in [-0.2, 0) is 0 Å². The van der Waals surface area contributed by atoms with Crippen molar-refractivity contribution in [1.29, 1.82) is 0 Å². The highest BCUT2D eigenvalue weighted by Gasteiger charge is 2.24. The maximum Gasteiger partial charge on any atom is 0.0749 e. The van der Waals surface area contributed by atoms with Gasteiger partial charge in [0.15, 0.2) is 0 Å². The summed E-state index contributed by atoms with van der Waals surface area (Å²) in [4.78, 5) is 0. The molecule has 0 bridgehead atoms. The number of benzene rings is 1. The lowest BCUT2D eigenvalue weighted by Crippen LogP contribution is -2.24. The van der Waals surface area contributed by atoms with E-state index in [1.54, 1.807) is 0 Å². The highest BCUT2D eigenvalue weighted by molar-refractivity contribution is 14.1. The van der Waals surface area contributed by atoms with E-state index < -0.39 is 5.60 Å². The summed E-state index contributed by atoms with van der Waals surface area (Å²) in [5, 5.41) is 9.73. The maximum atomic E-state index is 9.73. The highest BCUT2D eigenvalue weighted by Crippen LogP contribution is 2.33. The first kappa shape index (κ1) is 9.99. The van der Waals surface area contributed by atoms with Gasteiger partial charge in [0.2, 0.25) is 0 Å². The molecule has 1 aromatic carbocycles. The highest BCUT2D eigenvalue weighted by atomic mass is 127. The fourth-order valence-electron chi connectivity index (χ4n) is 1.03. The third kappa shape index (κ3) is 2.45. The molecular formula is C10H13IO. The molecule has 0 aromatic heterocycles. The summed E-state index contributed by atoms with van der Waals surface area (Å²) in [5.41, 5.74) is 0.521. The Balaban J connectivity index is 2.86. The predicted molar refractivity (Wildman–Crippen MR) is 59.5 cm³/mol. The Labute approximate surface area is 86.9 Å². The molecule has 12 heavy (non-hydrogen) atoms. The first-order chi connectivity index (χ1) is 5.52. The molecular weight excluding hydrogens is 263 g/mol. The summed E-state index contributed by atoms with van der Waals surface area (Å²) in [6.07, 6.45) is 0. The molecule has 0 fully saturated rings. The predicted octanol–water partition coefficient (Wildman–Crippen LogP) is 2.93. The second kappa shape index (κ2) is 3.75. The summed E-state index contributed by atoms with van der Waals surface area (Å²) in [5.74, 6) is 0. The quantitative estimate of drug-likeness (QED) is 0.650. The van der Waals surface area contributed by atoms with Crippen molar-refractivity contribution in [1.82, 2.24) is 0 Å². The minimum absolute atomic E-state index is 0.149. The second-order valence-electron chi connectivity index (χ2n) is 3.43. The van der Waals surface area contributed by atoms with E-state index in [2.05, 4.69) is 22.6 Å². The van der Waals surface area contributed by atoms with E-state index >= 15 is 0 Å². The van der Waals surface area contributed by atoms with Crippen molar-refractivity contribution in [3.05, 3.63) is 35.9 Å². The van der Waals surface area contributed by atoms with Crippen LogP contribution >= 0.6 is 22.6 Å². The van der Waals surface area contributed by atoms with Crippen molar-refractivity contribution in [2.75, 3.05) is 0 Å². The van der Waals surface area contributed by atoms with Crippen molar-refractivity contribution in [2.45, 2.75) is 23.4 Å². The number of hydrogen-bond acceptors (Lipinski definition) is 1. The van der Waals surface area contributed by atoms with Gasteiger partial charge in [-0.2, -0.15) is 0 Å². The Hall–Kier alpha value is -0.0900. The zero-order valence-corrected chi connectivity index (χ0v) is 9.45. The Morgan fingerprint density at radius 2 is 1.75 bits per heavy atom. The van der Waals surface area contributed by atoms with Gasteiger partial charge in [0.25, 0.3) is 0 Å². The molecule has 0 aliphatic rings. The van der Waals surface area contributed by atoms with Gasteiger partial charge in [0.1, 0.15) is 0 Å². The Bertz CT molecular complexity index is 238. The second-order valence-corrected chi connectivity index (χ2v) is 4.67. The standard InChI is InChI=1S/C10H13IO/c1-10(2,12)9(11)8-6-4-3-5-7-8/h3-7,9,12H,1-2H3/t9-/m0/s1. The summed E-state index contributed by atoms with van der Waals surface area (Å²) in [7, 11) is 0. The van der Waals surface area contributed by atoms with E-state index in [0.29, 0.717) is 0 Å². The molecule has 1 nitrogen and oxygen atoms in total. The molecule has 1 aromatic rings. The molecule has 1 atom stereocenters. The van der Waals surface area contributed by atoms with Gasteiger partial charge in [-0.25, -0.2) is 0 Å². The molecule has 0 aliphatic carbocycles.